The molecule has 1 atom stereocenters. The summed E-state index contributed by atoms with van der Waals surface area (Å²) in [6, 6.07) is -0.478. The molecule has 1 aromatic rings. The number of piperazine rings is 1. The first-order valence-corrected chi connectivity index (χ1v) is 7.03. The molecule has 0 bridgehead atoms. The lowest BCUT2D eigenvalue weighted by molar-refractivity contribution is -0.142. The molecule has 20 heavy (non-hydrogen) atoms. The molecule has 2 rings (SSSR count). The topological polar surface area (TPSA) is 69.6 Å². The van der Waals surface area contributed by atoms with Gasteiger partial charge in [-0.3, -0.25) is 9.69 Å². The Labute approximate surface area is 119 Å². The van der Waals surface area contributed by atoms with Crippen LogP contribution in [0.4, 0.5) is 5.82 Å². The average molecular weight is 278 g/mol. The third-order valence-electron chi connectivity index (χ3n) is 3.71. The summed E-state index contributed by atoms with van der Waals surface area (Å²) >= 11 is 0. The van der Waals surface area contributed by atoms with E-state index in [4.69, 9.17) is 0 Å². The molecule has 0 amide bonds. The Bertz CT molecular complexity index is 492. The molecule has 110 valence electrons. The summed E-state index contributed by atoms with van der Waals surface area (Å²) in [5.74, 6) is 0.851. The van der Waals surface area contributed by atoms with Crippen molar-refractivity contribution < 1.29 is 9.90 Å². The van der Waals surface area contributed by atoms with Gasteiger partial charge in [-0.2, -0.15) is 0 Å². The van der Waals surface area contributed by atoms with Gasteiger partial charge in [0, 0.05) is 31.4 Å². The minimum absolute atomic E-state index is 0.471. The van der Waals surface area contributed by atoms with Crippen molar-refractivity contribution in [2.75, 3.05) is 31.6 Å². The van der Waals surface area contributed by atoms with Crippen molar-refractivity contribution in [3.63, 3.8) is 0 Å². The normalized spacial score (nSPS) is 20.1. The first-order chi connectivity index (χ1) is 9.52. The van der Waals surface area contributed by atoms with Gasteiger partial charge in [-0.05, 0) is 20.4 Å². The zero-order valence-electron chi connectivity index (χ0n) is 12.3. The summed E-state index contributed by atoms with van der Waals surface area (Å²) in [6.07, 6.45) is 3.81. The van der Waals surface area contributed by atoms with E-state index >= 15 is 0 Å². The highest BCUT2D eigenvalue weighted by atomic mass is 16.4. The maximum absolute atomic E-state index is 11.3. The van der Waals surface area contributed by atoms with Gasteiger partial charge in [0.1, 0.15) is 17.7 Å². The molecule has 1 aliphatic heterocycles. The van der Waals surface area contributed by atoms with E-state index in [0.29, 0.717) is 6.54 Å². The highest BCUT2D eigenvalue weighted by Gasteiger charge is 2.31. The second kappa shape index (κ2) is 6.17. The van der Waals surface area contributed by atoms with Crippen molar-refractivity contribution in [3.8, 4) is 0 Å². The highest BCUT2D eigenvalue weighted by Crippen LogP contribution is 2.22. The zero-order valence-corrected chi connectivity index (χ0v) is 12.3. The number of nitrogens with zero attached hydrogens (tertiary/aromatic N) is 4. The van der Waals surface area contributed by atoms with Crippen molar-refractivity contribution in [1.29, 1.82) is 0 Å². The molecule has 1 fully saturated rings. The lowest BCUT2D eigenvalue weighted by atomic mass is 10.1. The molecule has 2 heterocycles. The van der Waals surface area contributed by atoms with Gasteiger partial charge in [-0.15, -0.1) is 0 Å². The maximum Gasteiger partial charge on any atom is 0.322 e. The third-order valence-corrected chi connectivity index (χ3v) is 3.71. The minimum atomic E-state index is -0.778. The van der Waals surface area contributed by atoms with Gasteiger partial charge in [0.05, 0.1) is 0 Å². The van der Waals surface area contributed by atoms with Gasteiger partial charge in [0.2, 0.25) is 0 Å². The van der Waals surface area contributed by atoms with E-state index < -0.39 is 12.0 Å². The van der Waals surface area contributed by atoms with Crippen LogP contribution in [0.3, 0.4) is 0 Å². The quantitative estimate of drug-likeness (QED) is 0.884. The standard InChI is InChI=1S/C14H22N4O2/c1-4-5-11-8-15-10(2)16-13(11)18-7-6-17(3)12(9-18)14(19)20/h8,12H,4-7,9H2,1-3H3,(H,19,20). The Morgan fingerprint density at radius 1 is 1.50 bits per heavy atom. The number of rotatable bonds is 4. The average Bonchev–Trinajstić information content (AvgIpc) is 2.41. The van der Waals surface area contributed by atoms with Crippen LogP contribution < -0.4 is 4.90 Å². The predicted molar refractivity (Wildman–Crippen MR) is 77.0 cm³/mol. The Kier molecular flexibility index (Phi) is 4.54. The number of likely N-dealkylation sites (N-methyl/N-ethyl adjacent to an activating group) is 1. The third kappa shape index (κ3) is 3.07. The number of carbonyl (C=O) groups is 1. The minimum Gasteiger partial charge on any atom is -0.480 e. The van der Waals surface area contributed by atoms with E-state index in [9.17, 15) is 9.90 Å². The van der Waals surface area contributed by atoms with Crippen LogP contribution in [0.1, 0.15) is 24.7 Å². The van der Waals surface area contributed by atoms with Gasteiger partial charge < -0.3 is 10.0 Å². The molecule has 1 saturated heterocycles. The summed E-state index contributed by atoms with van der Waals surface area (Å²) in [4.78, 5) is 24.1. The Balaban J connectivity index is 2.26. The maximum atomic E-state index is 11.3. The largest absolute Gasteiger partial charge is 0.480 e. The molecule has 1 aromatic heterocycles. The first kappa shape index (κ1) is 14.7. The van der Waals surface area contributed by atoms with Crippen molar-refractivity contribution in [3.05, 3.63) is 17.6 Å². The Morgan fingerprint density at radius 3 is 2.90 bits per heavy atom. The van der Waals surface area contributed by atoms with E-state index in [1.54, 1.807) is 0 Å². The summed E-state index contributed by atoms with van der Waals surface area (Å²) in [5.41, 5.74) is 1.10. The molecular weight excluding hydrogens is 256 g/mol. The number of hydrogen-bond donors (Lipinski definition) is 1. The fraction of sp³-hybridized carbons (Fsp3) is 0.643. The van der Waals surface area contributed by atoms with Crippen molar-refractivity contribution in [1.82, 2.24) is 14.9 Å². The summed E-state index contributed by atoms with van der Waals surface area (Å²) in [6.45, 7) is 5.98. The second-order valence-corrected chi connectivity index (χ2v) is 5.30. The monoisotopic (exact) mass is 278 g/mol. The molecule has 6 nitrogen and oxygen atoms in total. The molecule has 0 aliphatic carbocycles. The predicted octanol–water partition coefficient (Wildman–Crippen LogP) is 0.943. The number of aryl methyl sites for hydroxylation is 2. The van der Waals surface area contributed by atoms with Crippen LogP contribution in [0, 0.1) is 6.92 Å². The van der Waals surface area contributed by atoms with Gasteiger partial charge in [0.15, 0.2) is 0 Å². The summed E-state index contributed by atoms with van der Waals surface area (Å²) in [7, 11) is 1.86. The van der Waals surface area contributed by atoms with E-state index in [-0.39, 0.29) is 0 Å². The van der Waals surface area contributed by atoms with E-state index in [1.807, 2.05) is 25.1 Å². The second-order valence-electron chi connectivity index (χ2n) is 5.30. The number of aromatic nitrogens is 2. The van der Waals surface area contributed by atoms with Crippen LogP contribution in [0.5, 0.6) is 0 Å². The molecule has 0 saturated carbocycles. The van der Waals surface area contributed by atoms with Crippen LogP contribution in [0.2, 0.25) is 0 Å². The van der Waals surface area contributed by atoms with Gasteiger partial charge in [-0.25, -0.2) is 9.97 Å². The number of aliphatic carboxylic acids is 1. The van der Waals surface area contributed by atoms with Crippen LogP contribution in [-0.4, -0.2) is 58.7 Å². The molecule has 0 aromatic carbocycles. The van der Waals surface area contributed by atoms with Crippen LogP contribution >= 0.6 is 0 Å². The van der Waals surface area contributed by atoms with Gasteiger partial charge >= 0.3 is 5.97 Å². The fourth-order valence-electron chi connectivity index (χ4n) is 2.54. The highest BCUT2D eigenvalue weighted by molar-refractivity contribution is 5.75. The number of anilines is 1. The number of hydrogen-bond acceptors (Lipinski definition) is 5. The van der Waals surface area contributed by atoms with E-state index in [2.05, 4.69) is 21.8 Å². The Hall–Kier alpha value is -1.69. The van der Waals surface area contributed by atoms with Gasteiger partial charge in [0.25, 0.3) is 0 Å². The first-order valence-electron chi connectivity index (χ1n) is 7.03. The smallest absolute Gasteiger partial charge is 0.322 e. The lowest BCUT2D eigenvalue weighted by Crippen LogP contribution is -2.55. The van der Waals surface area contributed by atoms with Crippen molar-refractivity contribution >= 4 is 11.8 Å². The molecule has 0 radical (unpaired) electrons. The summed E-state index contributed by atoms with van der Waals surface area (Å²) < 4.78 is 0. The van der Waals surface area contributed by atoms with Gasteiger partial charge in [-0.1, -0.05) is 13.3 Å². The number of carboxylic acids is 1. The molecule has 1 unspecified atom stereocenters. The van der Waals surface area contributed by atoms with Crippen molar-refractivity contribution in [2.45, 2.75) is 32.7 Å². The van der Waals surface area contributed by atoms with Crippen LogP contribution in [0.15, 0.2) is 6.20 Å². The van der Waals surface area contributed by atoms with E-state index in [1.165, 1.54) is 0 Å². The molecule has 6 heteroatoms. The van der Waals surface area contributed by atoms with Crippen LogP contribution in [0.25, 0.3) is 0 Å². The molecule has 1 N–H and O–H groups in total. The number of carboxylic acid groups (broad SMARTS) is 1. The lowest BCUT2D eigenvalue weighted by Gasteiger charge is -2.38. The SMILES string of the molecule is CCCc1cnc(C)nc1N1CCN(C)C(C(=O)O)C1. The fourth-order valence-corrected chi connectivity index (χ4v) is 2.54. The summed E-state index contributed by atoms with van der Waals surface area (Å²) in [5, 5.41) is 9.30. The Morgan fingerprint density at radius 2 is 2.25 bits per heavy atom. The zero-order chi connectivity index (χ0) is 14.7. The molecule has 1 aliphatic rings. The molecular formula is C14H22N4O2. The van der Waals surface area contributed by atoms with Crippen LogP contribution in [-0.2, 0) is 11.2 Å². The van der Waals surface area contributed by atoms with E-state index in [0.717, 1.165) is 43.1 Å². The van der Waals surface area contributed by atoms with Crippen molar-refractivity contribution in [2.24, 2.45) is 0 Å². The molecule has 0 spiro atoms.